The van der Waals surface area contributed by atoms with Crippen LogP contribution in [0, 0.1) is 5.92 Å². The van der Waals surface area contributed by atoms with Gasteiger partial charge in [-0.3, -0.25) is 10.1 Å². The van der Waals surface area contributed by atoms with Gasteiger partial charge in [-0.25, -0.2) is 4.98 Å². The normalized spacial score (nSPS) is 11.0. The van der Waals surface area contributed by atoms with E-state index in [1.54, 1.807) is 0 Å². The van der Waals surface area contributed by atoms with Gasteiger partial charge in [0, 0.05) is 6.42 Å². The Morgan fingerprint density at radius 1 is 1.41 bits per heavy atom. The number of fused-ring (bicyclic) bond motifs is 1. The molecule has 1 amide bonds. The average molecular weight is 231 g/mol. The first-order chi connectivity index (χ1) is 8.15. The molecule has 2 rings (SSSR count). The third kappa shape index (κ3) is 3.06. The molecule has 2 N–H and O–H groups in total. The molecule has 0 spiro atoms. The summed E-state index contributed by atoms with van der Waals surface area (Å²) in [6.45, 7) is 4.21. The summed E-state index contributed by atoms with van der Waals surface area (Å²) < 4.78 is 0. The highest BCUT2D eigenvalue weighted by molar-refractivity contribution is 5.90. The zero-order valence-electron chi connectivity index (χ0n) is 10.2. The number of hydrogen-bond acceptors (Lipinski definition) is 2. The number of nitrogens with zero attached hydrogens (tertiary/aromatic N) is 1. The minimum Gasteiger partial charge on any atom is -0.324 e. The molecule has 0 bridgehead atoms. The van der Waals surface area contributed by atoms with E-state index in [9.17, 15) is 4.79 Å². The quantitative estimate of drug-likeness (QED) is 0.850. The largest absolute Gasteiger partial charge is 0.324 e. The van der Waals surface area contributed by atoms with Gasteiger partial charge in [0.1, 0.15) is 0 Å². The summed E-state index contributed by atoms with van der Waals surface area (Å²) in [6.07, 6.45) is 1.43. The highest BCUT2D eigenvalue weighted by atomic mass is 16.1. The molecule has 4 nitrogen and oxygen atoms in total. The Bertz CT molecular complexity index is 483. The lowest BCUT2D eigenvalue weighted by Crippen LogP contribution is -2.13. The second-order valence-electron chi connectivity index (χ2n) is 4.58. The summed E-state index contributed by atoms with van der Waals surface area (Å²) in [5.74, 6) is 1.08. The predicted molar refractivity (Wildman–Crippen MR) is 68.8 cm³/mol. The van der Waals surface area contributed by atoms with Crippen molar-refractivity contribution in [2.24, 2.45) is 5.92 Å². The fourth-order valence-corrected chi connectivity index (χ4v) is 1.63. The third-order valence-electron chi connectivity index (χ3n) is 2.60. The molecule has 0 saturated heterocycles. The zero-order valence-corrected chi connectivity index (χ0v) is 10.2. The summed E-state index contributed by atoms with van der Waals surface area (Å²) in [7, 11) is 0. The number of para-hydroxylation sites is 2. The van der Waals surface area contributed by atoms with Gasteiger partial charge in [-0.1, -0.05) is 26.0 Å². The number of carbonyl (C=O) groups is 1. The number of rotatable bonds is 4. The molecule has 0 unspecified atom stereocenters. The van der Waals surface area contributed by atoms with Gasteiger partial charge in [0.25, 0.3) is 0 Å². The lowest BCUT2D eigenvalue weighted by Gasteiger charge is -2.03. The monoisotopic (exact) mass is 231 g/mol. The van der Waals surface area contributed by atoms with Crippen LogP contribution in [0.15, 0.2) is 24.3 Å². The number of aromatic nitrogens is 2. The molecule has 17 heavy (non-hydrogen) atoms. The molecule has 0 aliphatic carbocycles. The molecule has 0 radical (unpaired) electrons. The first-order valence-electron chi connectivity index (χ1n) is 5.90. The van der Waals surface area contributed by atoms with E-state index in [-0.39, 0.29) is 5.91 Å². The number of benzene rings is 1. The van der Waals surface area contributed by atoms with Crippen molar-refractivity contribution < 1.29 is 4.79 Å². The van der Waals surface area contributed by atoms with E-state index in [2.05, 4.69) is 29.1 Å². The molecular weight excluding hydrogens is 214 g/mol. The second kappa shape index (κ2) is 4.99. The molecule has 90 valence electrons. The summed E-state index contributed by atoms with van der Waals surface area (Å²) in [6, 6.07) is 7.71. The Morgan fingerprint density at radius 3 is 2.88 bits per heavy atom. The van der Waals surface area contributed by atoms with Crippen molar-refractivity contribution in [1.29, 1.82) is 0 Å². The van der Waals surface area contributed by atoms with Gasteiger partial charge in [-0.05, 0) is 24.5 Å². The maximum absolute atomic E-state index is 11.6. The van der Waals surface area contributed by atoms with E-state index in [4.69, 9.17) is 0 Å². The maximum atomic E-state index is 11.6. The van der Waals surface area contributed by atoms with Crippen LogP contribution in [0.4, 0.5) is 5.95 Å². The van der Waals surface area contributed by atoms with Crippen molar-refractivity contribution in [3.8, 4) is 0 Å². The Morgan fingerprint density at radius 2 is 2.18 bits per heavy atom. The van der Waals surface area contributed by atoms with Crippen LogP contribution in [0.5, 0.6) is 0 Å². The molecule has 0 aliphatic heterocycles. The minimum atomic E-state index is 0.0118. The first-order valence-corrected chi connectivity index (χ1v) is 5.90. The van der Waals surface area contributed by atoms with Crippen molar-refractivity contribution in [1.82, 2.24) is 9.97 Å². The number of nitrogens with one attached hydrogen (secondary N) is 2. The van der Waals surface area contributed by atoms with Crippen molar-refractivity contribution in [2.75, 3.05) is 5.32 Å². The van der Waals surface area contributed by atoms with E-state index >= 15 is 0 Å². The molecular formula is C13H17N3O. The van der Waals surface area contributed by atoms with Gasteiger partial charge >= 0.3 is 0 Å². The van der Waals surface area contributed by atoms with Crippen LogP contribution in [0.2, 0.25) is 0 Å². The van der Waals surface area contributed by atoms with Crippen molar-refractivity contribution >= 4 is 22.9 Å². The minimum absolute atomic E-state index is 0.0118. The van der Waals surface area contributed by atoms with Crippen molar-refractivity contribution in [3.63, 3.8) is 0 Å². The lowest BCUT2D eigenvalue weighted by molar-refractivity contribution is -0.116. The maximum Gasteiger partial charge on any atom is 0.226 e. The summed E-state index contributed by atoms with van der Waals surface area (Å²) in [5.41, 5.74) is 1.80. The van der Waals surface area contributed by atoms with Crippen LogP contribution in [-0.4, -0.2) is 15.9 Å². The molecule has 2 aromatic rings. The Kier molecular flexibility index (Phi) is 3.42. The van der Waals surface area contributed by atoms with E-state index in [0.29, 0.717) is 18.3 Å². The number of carbonyl (C=O) groups excluding carboxylic acids is 1. The van der Waals surface area contributed by atoms with Crippen LogP contribution in [0.25, 0.3) is 11.0 Å². The number of aromatic amines is 1. The number of imidazole rings is 1. The standard InChI is InChI=1S/C13H17N3O/c1-9(2)7-8-12(17)16-13-14-10-5-3-4-6-11(10)15-13/h3-6,9H,7-8H2,1-2H3,(H2,14,15,16,17). The highest BCUT2D eigenvalue weighted by Gasteiger charge is 2.07. The van der Waals surface area contributed by atoms with Crippen LogP contribution in [0.1, 0.15) is 26.7 Å². The van der Waals surface area contributed by atoms with E-state index in [0.717, 1.165) is 17.5 Å². The summed E-state index contributed by atoms with van der Waals surface area (Å²) >= 11 is 0. The van der Waals surface area contributed by atoms with Crippen molar-refractivity contribution in [3.05, 3.63) is 24.3 Å². The van der Waals surface area contributed by atoms with Crippen LogP contribution < -0.4 is 5.32 Å². The first kappa shape index (κ1) is 11.6. The SMILES string of the molecule is CC(C)CCC(=O)Nc1nc2ccccc2[nH]1. The Labute approximate surface area is 100 Å². The second-order valence-corrected chi connectivity index (χ2v) is 4.58. The van der Waals surface area contributed by atoms with E-state index < -0.39 is 0 Å². The average Bonchev–Trinajstić information content (AvgIpc) is 2.68. The lowest BCUT2D eigenvalue weighted by atomic mass is 10.1. The smallest absolute Gasteiger partial charge is 0.226 e. The summed E-state index contributed by atoms with van der Waals surface area (Å²) in [4.78, 5) is 19.0. The van der Waals surface area contributed by atoms with Gasteiger partial charge in [-0.2, -0.15) is 0 Å². The number of hydrogen-bond donors (Lipinski definition) is 2. The Hall–Kier alpha value is -1.84. The number of H-pyrrole nitrogens is 1. The molecule has 0 aliphatic rings. The molecule has 0 fully saturated rings. The molecule has 4 heteroatoms. The van der Waals surface area contributed by atoms with Crippen LogP contribution >= 0.6 is 0 Å². The third-order valence-corrected chi connectivity index (χ3v) is 2.60. The van der Waals surface area contributed by atoms with Gasteiger partial charge in [0.15, 0.2) is 0 Å². The van der Waals surface area contributed by atoms with Gasteiger partial charge in [0.05, 0.1) is 11.0 Å². The van der Waals surface area contributed by atoms with Crippen LogP contribution in [0.3, 0.4) is 0 Å². The number of amides is 1. The number of anilines is 1. The predicted octanol–water partition coefficient (Wildman–Crippen LogP) is 2.94. The molecule has 1 heterocycles. The van der Waals surface area contributed by atoms with E-state index in [1.807, 2.05) is 24.3 Å². The highest BCUT2D eigenvalue weighted by Crippen LogP contribution is 2.13. The molecule has 0 saturated carbocycles. The fourth-order valence-electron chi connectivity index (χ4n) is 1.63. The van der Waals surface area contributed by atoms with Gasteiger partial charge < -0.3 is 4.98 Å². The summed E-state index contributed by atoms with van der Waals surface area (Å²) in [5, 5.41) is 2.78. The molecule has 1 aromatic heterocycles. The van der Waals surface area contributed by atoms with Crippen molar-refractivity contribution in [2.45, 2.75) is 26.7 Å². The fraction of sp³-hybridized carbons (Fsp3) is 0.385. The van der Waals surface area contributed by atoms with E-state index in [1.165, 1.54) is 0 Å². The zero-order chi connectivity index (χ0) is 12.3. The van der Waals surface area contributed by atoms with Gasteiger partial charge in [0.2, 0.25) is 11.9 Å². The van der Waals surface area contributed by atoms with Crippen LogP contribution in [-0.2, 0) is 4.79 Å². The topological polar surface area (TPSA) is 57.8 Å². The Balaban J connectivity index is 2.01. The molecule has 0 atom stereocenters. The van der Waals surface area contributed by atoms with Gasteiger partial charge in [-0.15, -0.1) is 0 Å². The molecule has 1 aromatic carbocycles.